The minimum atomic E-state index is -0.429. The number of ether oxygens (including phenoxy) is 1. The number of aromatic amines is 1. The number of anilines is 2. The van der Waals surface area contributed by atoms with Gasteiger partial charge in [0.15, 0.2) is 0 Å². The van der Waals surface area contributed by atoms with Gasteiger partial charge in [-0.1, -0.05) is 52.3 Å². The minimum Gasteiger partial charge on any atom is -0.497 e. The molecular formula is C32H39N7O4S. The molecule has 0 aliphatic heterocycles. The summed E-state index contributed by atoms with van der Waals surface area (Å²) < 4.78 is 8.16. The maximum Gasteiger partial charge on any atom is 0.338 e. The molecule has 44 heavy (non-hydrogen) atoms. The van der Waals surface area contributed by atoms with E-state index >= 15 is 0 Å². The van der Waals surface area contributed by atoms with E-state index in [9.17, 15) is 14.4 Å². The molecule has 11 nitrogen and oxygen atoms in total. The molecule has 3 heterocycles. The lowest BCUT2D eigenvalue weighted by Gasteiger charge is -2.11. The van der Waals surface area contributed by atoms with Crippen LogP contribution in [0.3, 0.4) is 0 Å². The van der Waals surface area contributed by atoms with E-state index in [2.05, 4.69) is 39.5 Å². The molecule has 232 valence electrons. The lowest BCUT2D eigenvalue weighted by atomic mass is 10.1. The van der Waals surface area contributed by atoms with Crippen LogP contribution in [0.1, 0.15) is 56.9 Å². The van der Waals surface area contributed by atoms with Crippen LogP contribution in [0.4, 0.5) is 16.3 Å². The SMILES string of the molecule is CCC.COc1ccc(NC(=O)Nc2cc(C(C)C)nn2-c2ccc(Cn3sc(=O)[nH]c3=O)cc2)cc1.Cc1cccnc1. The van der Waals surface area contributed by atoms with Gasteiger partial charge in [0.25, 0.3) is 0 Å². The van der Waals surface area contributed by atoms with Crippen molar-refractivity contribution in [3.8, 4) is 11.4 Å². The minimum absolute atomic E-state index is 0.161. The molecule has 0 aliphatic rings. The highest BCUT2D eigenvalue weighted by atomic mass is 32.1. The summed E-state index contributed by atoms with van der Waals surface area (Å²) in [5.74, 6) is 1.38. The van der Waals surface area contributed by atoms with Crippen molar-refractivity contribution in [2.45, 2.75) is 53.5 Å². The van der Waals surface area contributed by atoms with Gasteiger partial charge in [-0.05, 0) is 66.4 Å². The Hall–Kier alpha value is -4.97. The molecule has 0 saturated carbocycles. The third-order valence-corrected chi connectivity index (χ3v) is 6.64. The van der Waals surface area contributed by atoms with Gasteiger partial charge in [0.05, 0.1) is 25.0 Å². The van der Waals surface area contributed by atoms with Gasteiger partial charge in [0.1, 0.15) is 11.6 Å². The lowest BCUT2D eigenvalue weighted by Crippen LogP contribution is -2.21. The number of urea groups is 1. The largest absolute Gasteiger partial charge is 0.497 e. The summed E-state index contributed by atoms with van der Waals surface area (Å²) in [7, 11) is 1.58. The fraction of sp³-hybridized carbons (Fsp3) is 0.281. The number of rotatable bonds is 7. The maximum atomic E-state index is 12.6. The molecule has 2 aromatic carbocycles. The highest BCUT2D eigenvalue weighted by molar-refractivity contribution is 7.03. The predicted molar refractivity (Wildman–Crippen MR) is 177 cm³/mol. The van der Waals surface area contributed by atoms with Gasteiger partial charge in [0, 0.05) is 35.7 Å². The second-order valence-electron chi connectivity index (χ2n) is 10.1. The highest BCUT2D eigenvalue weighted by Crippen LogP contribution is 2.23. The van der Waals surface area contributed by atoms with Crippen molar-refractivity contribution < 1.29 is 9.53 Å². The van der Waals surface area contributed by atoms with Gasteiger partial charge >= 0.3 is 16.6 Å². The maximum absolute atomic E-state index is 12.6. The smallest absolute Gasteiger partial charge is 0.338 e. The number of H-pyrrole nitrogens is 1. The molecule has 2 amide bonds. The van der Waals surface area contributed by atoms with Crippen molar-refractivity contribution in [2.75, 3.05) is 17.7 Å². The summed E-state index contributed by atoms with van der Waals surface area (Å²) in [6.07, 6.45) is 4.85. The molecule has 5 rings (SSSR count). The molecule has 0 atom stereocenters. The zero-order valence-corrected chi connectivity index (χ0v) is 26.6. The van der Waals surface area contributed by atoms with Gasteiger partial charge in [-0.25, -0.2) is 18.2 Å². The van der Waals surface area contributed by atoms with E-state index in [1.165, 1.54) is 15.9 Å². The molecule has 3 aromatic heterocycles. The van der Waals surface area contributed by atoms with E-state index in [4.69, 9.17) is 4.74 Å². The monoisotopic (exact) mass is 617 g/mol. The van der Waals surface area contributed by atoms with Crippen molar-refractivity contribution in [3.05, 3.63) is 116 Å². The molecule has 0 unspecified atom stereocenters. The van der Waals surface area contributed by atoms with Crippen LogP contribution in [-0.4, -0.2) is 36.8 Å². The van der Waals surface area contributed by atoms with Crippen molar-refractivity contribution in [1.82, 2.24) is 23.7 Å². The van der Waals surface area contributed by atoms with Gasteiger partial charge in [-0.15, -0.1) is 0 Å². The van der Waals surface area contributed by atoms with E-state index < -0.39 is 11.7 Å². The van der Waals surface area contributed by atoms with Crippen molar-refractivity contribution >= 4 is 29.1 Å². The Morgan fingerprint density at radius 1 is 1.02 bits per heavy atom. The Balaban J connectivity index is 0.000000453. The van der Waals surface area contributed by atoms with Crippen molar-refractivity contribution in [3.63, 3.8) is 0 Å². The second kappa shape index (κ2) is 16.6. The van der Waals surface area contributed by atoms with E-state index in [1.807, 2.05) is 69.4 Å². The van der Waals surface area contributed by atoms with E-state index in [-0.39, 0.29) is 17.3 Å². The molecule has 0 radical (unpaired) electrons. The summed E-state index contributed by atoms with van der Waals surface area (Å²) in [4.78, 5) is 41.5. The summed E-state index contributed by atoms with van der Waals surface area (Å²) in [5, 5.41) is 10.3. The zero-order valence-electron chi connectivity index (χ0n) is 25.8. The number of carbonyl (C=O) groups excluding carboxylic acids is 1. The average Bonchev–Trinajstić information content (AvgIpc) is 3.56. The molecule has 0 saturated heterocycles. The first-order valence-electron chi connectivity index (χ1n) is 14.2. The fourth-order valence-corrected chi connectivity index (χ4v) is 4.37. The van der Waals surface area contributed by atoms with Crippen molar-refractivity contribution in [2.24, 2.45) is 0 Å². The Morgan fingerprint density at radius 3 is 2.20 bits per heavy atom. The Bertz CT molecular complexity index is 1700. The van der Waals surface area contributed by atoms with Crippen LogP contribution in [0, 0.1) is 6.92 Å². The van der Waals surface area contributed by atoms with Crippen LogP contribution in [0.25, 0.3) is 5.69 Å². The predicted octanol–water partition coefficient (Wildman–Crippen LogP) is 6.41. The molecule has 12 heteroatoms. The number of carbonyl (C=O) groups is 1. The van der Waals surface area contributed by atoms with Crippen LogP contribution >= 0.6 is 11.5 Å². The first-order valence-corrected chi connectivity index (χ1v) is 15.0. The van der Waals surface area contributed by atoms with Gasteiger partial charge in [-0.2, -0.15) is 5.10 Å². The number of pyridine rings is 1. The first-order chi connectivity index (χ1) is 21.1. The number of amides is 2. The van der Waals surface area contributed by atoms with E-state index in [1.54, 1.807) is 42.3 Å². The average molecular weight is 618 g/mol. The standard InChI is InChI=1S/C23H24N6O4S.C6H7N.C3H8/c1-14(2)19-12-20(25-21(30)24-16-6-10-18(33-3)11-7-16)29(27-19)17-8-4-15(5-9-17)13-28-22(31)26-23(32)34-28;1-6-3-2-4-7-5-6;1-3-2/h4-12,14H,13H2,1-3H3,(H2,24,25,30)(H,26,31,32);2-5H,1H3;3H2,1-2H3. The normalized spacial score (nSPS) is 10.2. The third kappa shape index (κ3) is 10.1. The Labute approximate surface area is 260 Å². The molecule has 5 aromatic rings. The summed E-state index contributed by atoms with van der Waals surface area (Å²) in [6, 6.07) is 19.8. The van der Waals surface area contributed by atoms with Crippen LogP contribution in [0.5, 0.6) is 5.75 Å². The van der Waals surface area contributed by atoms with E-state index in [0.29, 0.717) is 17.3 Å². The molecule has 0 aliphatic carbocycles. The van der Waals surface area contributed by atoms with Crippen LogP contribution in [0.2, 0.25) is 0 Å². The van der Waals surface area contributed by atoms with Gasteiger partial charge in [-0.3, -0.25) is 20.1 Å². The first kappa shape index (κ1) is 33.5. The van der Waals surface area contributed by atoms with Crippen LogP contribution < -0.4 is 25.9 Å². The number of nitrogens with one attached hydrogen (secondary N) is 3. The molecule has 0 fully saturated rings. The number of methoxy groups -OCH3 is 1. The zero-order chi connectivity index (χ0) is 32.1. The second-order valence-corrected chi connectivity index (χ2v) is 11.1. The summed E-state index contributed by atoms with van der Waals surface area (Å²) >= 11 is 0.842. The number of hydrogen-bond donors (Lipinski definition) is 3. The number of hydrogen-bond acceptors (Lipinski definition) is 7. The number of aryl methyl sites for hydroxylation is 1. The van der Waals surface area contributed by atoms with E-state index in [0.717, 1.165) is 28.5 Å². The summed E-state index contributed by atoms with van der Waals surface area (Å²) in [5.41, 5.74) is 3.83. The summed E-state index contributed by atoms with van der Waals surface area (Å²) in [6.45, 7) is 10.6. The number of aromatic nitrogens is 5. The van der Waals surface area contributed by atoms with Gasteiger partial charge < -0.3 is 10.1 Å². The Kier molecular flexibility index (Phi) is 12.7. The van der Waals surface area contributed by atoms with Crippen LogP contribution in [0.15, 0.2) is 88.7 Å². The number of nitrogens with zero attached hydrogens (tertiary/aromatic N) is 4. The molecular weight excluding hydrogens is 578 g/mol. The molecule has 0 bridgehead atoms. The quantitative estimate of drug-likeness (QED) is 0.193. The fourth-order valence-electron chi connectivity index (χ4n) is 3.70. The number of benzene rings is 2. The molecule has 0 spiro atoms. The highest BCUT2D eigenvalue weighted by Gasteiger charge is 2.15. The van der Waals surface area contributed by atoms with Crippen molar-refractivity contribution in [1.29, 1.82) is 0 Å². The Morgan fingerprint density at radius 2 is 1.70 bits per heavy atom. The lowest BCUT2D eigenvalue weighted by molar-refractivity contribution is 0.262. The molecule has 3 N–H and O–H groups in total. The van der Waals surface area contributed by atoms with Gasteiger partial charge in [0.2, 0.25) is 0 Å². The van der Waals surface area contributed by atoms with Crippen LogP contribution in [-0.2, 0) is 6.54 Å². The topological polar surface area (TPSA) is 136 Å². The third-order valence-electron chi connectivity index (χ3n) is 5.85.